The zero-order valence-electron chi connectivity index (χ0n) is 31.7. The molecule has 0 radical (unpaired) electrons. The fraction of sp³-hybridized carbons (Fsp3) is 0. The predicted molar refractivity (Wildman–Crippen MR) is 211 cm³/mol. The van der Waals surface area contributed by atoms with Gasteiger partial charge in [-0.25, -0.2) is 15.0 Å². The number of furan rings is 1. The molecule has 0 atom stereocenters. The Hall–Kier alpha value is -6.63. The molecular formula is C45H26N4OS. The predicted octanol–water partition coefficient (Wildman–Crippen LogP) is 12.2. The maximum absolute atomic E-state index is 8.65. The Morgan fingerprint density at radius 2 is 1.24 bits per heavy atom. The van der Waals surface area contributed by atoms with Gasteiger partial charge in [0, 0.05) is 53.0 Å². The van der Waals surface area contributed by atoms with Gasteiger partial charge in [0.25, 0.3) is 0 Å². The molecule has 11 rings (SSSR count). The van der Waals surface area contributed by atoms with Crippen molar-refractivity contribution >= 4 is 75.3 Å². The lowest BCUT2D eigenvalue weighted by Gasteiger charge is -2.10. The molecule has 7 aromatic carbocycles. The molecule has 0 aliphatic rings. The highest BCUT2D eigenvalue weighted by Crippen LogP contribution is 2.45. The van der Waals surface area contributed by atoms with Gasteiger partial charge in [-0.3, -0.25) is 0 Å². The number of hydrogen-bond donors (Lipinski definition) is 0. The number of fused-ring (bicyclic) bond motifs is 10. The lowest BCUT2D eigenvalue weighted by molar-refractivity contribution is 0.669. The van der Waals surface area contributed by atoms with Crippen molar-refractivity contribution in [3.05, 3.63) is 158 Å². The van der Waals surface area contributed by atoms with E-state index >= 15 is 0 Å². The van der Waals surface area contributed by atoms with Crippen LogP contribution in [0.2, 0.25) is 0 Å². The van der Waals surface area contributed by atoms with E-state index in [4.69, 9.17) is 21.2 Å². The Labute approximate surface area is 302 Å². The van der Waals surface area contributed by atoms with Crippen LogP contribution >= 0.6 is 11.3 Å². The molecule has 4 heterocycles. The van der Waals surface area contributed by atoms with Crippen molar-refractivity contribution in [2.75, 3.05) is 0 Å². The molecule has 0 aliphatic carbocycles. The quantitative estimate of drug-likeness (QED) is 0.186. The first-order valence-electron chi connectivity index (χ1n) is 19.0. The number of aromatic nitrogens is 4. The van der Waals surface area contributed by atoms with Gasteiger partial charge in [0.15, 0.2) is 17.5 Å². The van der Waals surface area contributed by atoms with E-state index in [9.17, 15) is 0 Å². The molecule has 6 heteroatoms. The largest absolute Gasteiger partial charge is 0.456 e. The van der Waals surface area contributed by atoms with Gasteiger partial charge in [0.2, 0.25) is 0 Å². The van der Waals surface area contributed by atoms with E-state index in [0.29, 0.717) is 22.5 Å². The second kappa shape index (κ2) is 10.9. The molecule has 0 N–H and O–H groups in total. The van der Waals surface area contributed by atoms with E-state index in [1.807, 2.05) is 72.0 Å². The molecule has 0 unspecified atom stereocenters. The molecule has 0 amide bonds. The Morgan fingerprint density at radius 3 is 2.10 bits per heavy atom. The van der Waals surface area contributed by atoms with Gasteiger partial charge in [0.1, 0.15) is 11.2 Å². The monoisotopic (exact) mass is 675 g/mol. The Morgan fingerprint density at radius 1 is 0.510 bits per heavy atom. The third-order valence-corrected chi connectivity index (χ3v) is 10.7. The first-order valence-corrected chi connectivity index (χ1v) is 17.4. The summed E-state index contributed by atoms with van der Waals surface area (Å²) in [6.45, 7) is 0. The second-order valence-corrected chi connectivity index (χ2v) is 13.5. The minimum absolute atomic E-state index is 0.0167. The van der Waals surface area contributed by atoms with Crippen LogP contribution in [0.3, 0.4) is 0 Å². The van der Waals surface area contributed by atoms with E-state index in [1.54, 1.807) is 0 Å². The summed E-state index contributed by atoms with van der Waals surface area (Å²) < 4.78 is 53.4. The molecule has 0 fully saturated rings. The van der Waals surface area contributed by atoms with Gasteiger partial charge < -0.3 is 8.98 Å². The summed E-state index contributed by atoms with van der Waals surface area (Å²) in [7, 11) is 0. The Balaban J connectivity index is 1.13. The number of benzene rings is 7. The molecule has 0 aliphatic heterocycles. The van der Waals surface area contributed by atoms with E-state index in [1.165, 1.54) is 30.9 Å². The molecule has 5 nitrogen and oxygen atoms in total. The fourth-order valence-corrected chi connectivity index (χ4v) is 8.58. The van der Waals surface area contributed by atoms with Crippen molar-refractivity contribution in [2.24, 2.45) is 0 Å². The SMILES string of the molecule is [2H]c1c([2H])c([2H])c(-c2nc(-c3ccccc3)nc(-c3ccc4c(c3)oc3cccc(-n5c6ccccc6c6c7sc8ccccc8c7ccc65)c34)n2)c([2H])c1[2H]. The summed E-state index contributed by atoms with van der Waals surface area (Å²) in [6.07, 6.45) is 0. The summed E-state index contributed by atoms with van der Waals surface area (Å²) in [5.74, 6) is 0.568. The average Bonchev–Trinajstić information content (AvgIpc) is 3.92. The Kier molecular flexibility index (Phi) is 5.08. The first-order chi connectivity index (χ1) is 27.4. The number of hydrogen-bond acceptors (Lipinski definition) is 5. The van der Waals surface area contributed by atoms with Gasteiger partial charge in [-0.1, -0.05) is 115 Å². The van der Waals surface area contributed by atoms with Gasteiger partial charge in [-0.15, -0.1) is 11.3 Å². The summed E-state index contributed by atoms with van der Waals surface area (Å²) in [5, 5.41) is 6.81. The van der Waals surface area contributed by atoms with Gasteiger partial charge in [-0.05, 0) is 42.5 Å². The third-order valence-electron chi connectivity index (χ3n) is 9.55. The summed E-state index contributed by atoms with van der Waals surface area (Å²) in [5.41, 5.74) is 5.79. The number of thiophene rings is 1. The molecular weight excluding hydrogens is 645 g/mol. The highest BCUT2D eigenvalue weighted by molar-refractivity contribution is 7.26. The summed E-state index contributed by atoms with van der Waals surface area (Å²) >= 11 is 1.83. The third kappa shape index (κ3) is 4.30. The topological polar surface area (TPSA) is 56.7 Å². The molecule has 11 aromatic rings. The normalized spacial score (nSPS) is 13.3. The molecule has 0 bridgehead atoms. The number of rotatable bonds is 4. The molecule has 51 heavy (non-hydrogen) atoms. The zero-order chi connectivity index (χ0) is 37.8. The Bertz CT molecular complexity index is 3420. The smallest absolute Gasteiger partial charge is 0.164 e. The number of para-hydroxylation sites is 1. The van der Waals surface area contributed by atoms with Gasteiger partial charge in [-0.2, -0.15) is 0 Å². The number of nitrogens with zero attached hydrogens (tertiary/aromatic N) is 4. The van der Waals surface area contributed by atoms with Crippen LogP contribution in [0.4, 0.5) is 0 Å². The van der Waals surface area contributed by atoms with Crippen molar-refractivity contribution < 1.29 is 11.3 Å². The van der Waals surface area contributed by atoms with E-state index in [-0.39, 0.29) is 29.3 Å². The second-order valence-electron chi connectivity index (χ2n) is 12.4. The van der Waals surface area contributed by atoms with Gasteiger partial charge in [0.05, 0.1) is 29.0 Å². The molecule has 0 spiro atoms. The minimum atomic E-state index is -0.481. The average molecular weight is 676 g/mol. The van der Waals surface area contributed by atoms with Crippen LogP contribution in [0.5, 0.6) is 0 Å². The molecule has 238 valence electrons. The molecule has 4 aromatic heterocycles. The maximum Gasteiger partial charge on any atom is 0.164 e. The van der Waals surface area contributed by atoms with Crippen molar-refractivity contribution in [1.29, 1.82) is 0 Å². The van der Waals surface area contributed by atoms with E-state index in [2.05, 4.69) is 76.3 Å². The van der Waals surface area contributed by atoms with Gasteiger partial charge >= 0.3 is 0 Å². The van der Waals surface area contributed by atoms with Crippen LogP contribution < -0.4 is 0 Å². The lowest BCUT2D eigenvalue weighted by Crippen LogP contribution is -2.00. The standard InChI is InChI=1S/C45H26N4OS/c1-3-12-27(13-4-1)43-46-44(28-14-5-2-6-15-28)48-45(47-43)29-22-23-33-38(26-29)50-37-20-11-19-35(40(33)37)49-34-18-9-7-17-32(34)41-36(49)25-24-31-30-16-8-10-21-39(30)51-42(31)41/h1-26H/i1D,3D,4D,12D,13D. The highest BCUT2D eigenvalue weighted by Gasteiger charge is 2.21. The minimum Gasteiger partial charge on any atom is -0.456 e. The maximum atomic E-state index is 8.65. The van der Waals surface area contributed by atoms with Crippen molar-refractivity contribution in [3.8, 4) is 39.9 Å². The van der Waals surface area contributed by atoms with Crippen LogP contribution in [0.1, 0.15) is 6.85 Å². The van der Waals surface area contributed by atoms with Crippen LogP contribution in [0.15, 0.2) is 162 Å². The molecule has 0 saturated carbocycles. The fourth-order valence-electron chi connectivity index (χ4n) is 7.32. The first kappa shape index (κ1) is 23.7. The lowest BCUT2D eigenvalue weighted by atomic mass is 10.1. The van der Waals surface area contributed by atoms with Crippen LogP contribution in [0, 0.1) is 0 Å². The highest BCUT2D eigenvalue weighted by atomic mass is 32.1. The van der Waals surface area contributed by atoms with Crippen LogP contribution in [-0.4, -0.2) is 19.5 Å². The van der Waals surface area contributed by atoms with Crippen LogP contribution in [0.25, 0.3) is 104 Å². The summed E-state index contributed by atoms with van der Waals surface area (Å²) in [4.78, 5) is 14.2. The zero-order valence-corrected chi connectivity index (χ0v) is 27.5. The van der Waals surface area contributed by atoms with Crippen molar-refractivity contribution in [1.82, 2.24) is 19.5 Å². The van der Waals surface area contributed by atoms with Crippen molar-refractivity contribution in [2.45, 2.75) is 0 Å². The van der Waals surface area contributed by atoms with E-state index < -0.39 is 18.1 Å². The van der Waals surface area contributed by atoms with Crippen LogP contribution in [-0.2, 0) is 0 Å². The van der Waals surface area contributed by atoms with Crippen molar-refractivity contribution in [3.63, 3.8) is 0 Å². The van der Waals surface area contributed by atoms with E-state index in [0.717, 1.165) is 33.1 Å². The molecule has 0 saturated heterocycles. The summed E-state index contributed by atoms with van der Waals surface area (Å²) in [6, 6.07) is 40.7.